The average Bonchev–Trinajstić information content (AvgIpc) is 2.81. The van der Waals surface area contributed by atoms with Crippen molar-refractivity contribution in [1.82, 2.24) is 16.0 Å². The van der Waals surface area contributed by atoms with E-state index in [-0.39, 0.29) is 25.3 Å². The molecule has 0 saturated carbocycles. The van der Waals surface area contributed by atoms with Crippen LogP contribution in [0.15, 0.2) is 4.99 Å². The number of hydrogen-bond acceptors (Lipinski definition) is 9. The lowest BCUT2D eigenvalue weighted by Crippen LogP contribution is -2.58. The summed E-state index contributed by atoms with van der Waals surface area (Å²) in [4.78, 5) is 53.1. The molecule has 4 unspecified atom stereocenters. The van der Waals surface area contributed by atoms with Crippen molar-refractivity contribution < 1.29 is 29.4 Å². The minimum atomic E-state index is -1.33. The normalized spacial score (nSPS) is 14.2. The summed E-state index contributed by atoms with van der Waals surface area (Å²) in [7, 11) is 0. The summed E-state index contributed by atoms with van der Waals surface area (Å²) in [6.07, 6.45) is 3.84. The molecule has 0 spiro atoms. The first-order chi connectivity index (χ1) is 16.6. The molecule has 0 aliphatic rings. The number of nitrogens with one attached hydrogen (secondary N) is 3. The fourth-order valence-electron chi connectivity index (χ4n) is 2.92. The van der Waals surface area contributed by atoms with Crippen LogP contribution in [-0.2, 0) is 19.2 Å². The zero-order valence-electron chi connectivity index (χ0n) is 20.1. The molecular formula is C20H40N8O6S. The van der Waals surface area contributed by atoms with Gasteiger partial charge in [0.15, 0.2) is 5.96 Å². The molecule has 0 heterocycles. The predicted molar refractivity (Wildman–Crippen MR) is 134 cm³/mol. The minimum Gasteiger partial charge on any atom is -0.480 e. The van der Waals surface area contributed by atoms with Crippen LogP contribution in [0.25, 0.3) is 0 Å². The van der Waals surface area contributed by atoms with E-state index in [9.17, 15) is 29.4 Å². The number of guanidine groups is 1. The topological polar surface area (TPSA) is 261 Å². The van der Waals surface area contributed by atoms with E-state index in [2.05, 4.69) is 20.9 Å². The number of nitrogens with zero attached hydrogens (tertiary/aromatic N) is 1. The maximum atomic E-state index is 12.8. The van der Waals surface area contributed by atoms with E-state index in [1.165, 1.54) is 11.8 Å². The number of aliphatic hydroxyl groups is 1. The molecule has 3 amide bonds. The van der Waals surface area contributed by atoms with Gasteiger partial charge in [-0.1, -0.05) is 0 Å². The van der Waals surface area contributed by atoms with E-state index in [1.807, 2.05) is 6.26 Å². The van der Waals surface area contributed by atoms with Gasteiger partial charge in [0.25, 0.3) is 0 Å². The van der Waals surface area contributed by atoms with Crippen molar-refractivity contribution in [2.75, 3.05) is 31.7 Å². The monoisotopic (exact) mass is 520 g/mol. The second-order valence-corrected chi connectivity index (χ2v) is 8.81. The summed E-state index contributed by atoms with van der Waals surface area (Å²) in [6, 6.07) is -4.52. The summed E-state index contributed by atoms with van der Waals surface area (Å²) in [5, 5.41) is 26.3. The molecule has 13 N–H and O–H groups in total. The summed E-state index contributed by atoms with van der Waals surface area (Å²) < 4.78 is 0. The Morgan fingerprint density at radius 2 is 1.46 bits per heavy atom. The quantitative estimate of drug-likeness (QED) is 0.0464. The highest BCUT2D eigenvalue weighted by Gasteiger charge is 2.29. The molecule has 4 atom stereocenters. The highest BCUT2D eigenvalue weighted by molar-refractivity contribution is 7.98. The molecular weight excluding hydrogens is 480 g/mol. The van der Waals surface area contributed by atoms with Crippen molar-refractivity contribution in [3.8, 4) is 0 Å². The van der Waals surface area contributed by atoms with Crippen molar-refractivity contribution in [3.05, 3.63) is 0 Å². The molecule has 0 aliphatic carbocycles. The van der Waals surface area contributed by atoms with Gasteiger partial charge in [0, 0.05) is 6.54 Å². The van der Waals surface area contributed by atoms with E-state index in [1.54, 1.807) is 0 Å². The Morgan fingerprint density at radius 3 is 2.00 bits per heavy atom. The molecule has 14 nitrogen and oxygen atoms in total. The molecule has 0 fully saturated rings. The summed E-state index contributed by atoms with van der Waals surface area (Å²) in [6.45, 7) is -0.157. The number of unbranched alkanes of at least 4 members (excludes halogenated alkanes) is 1. The molecule has 0 bridgehead atoms. The molecule has 15 heteroatoms. The smallest absolute Gasteiger partial charge is 0.326 e. The zero-order valence-corrected chi connectivity index (χ0v) is 20.9. The molecule has 0 saturated heterocycles. The van der Waals surface area contributed by atoms with Crippen molar-refractivity contribution in [1.29, 1.82) is 0 Å². The molecule has 0 rings (SSSR count). The van der Waals surface area contributed by atoms with Crippen LogP contribution in [0.3, 0.4) is 0 Å². The predicted octanol–water partition coefficient (Wildman–Crippen LogP) is -3.22. The van der Waals surface area contributed by atoms with Gasteiger partial charge in [-0.2, -0.15) is 11.8 Å². The highest BCUT2D eigenvalue weighted by atomic mass is 32.2. The lowest BCUT2D eigenvalue weighted by Gasteiger charge is -2.24. The zero-order chi connectivity index (χ0) is 26.8. The molecule has 35 heavy (non-hydrogen) atoms. The second kappa shape index (κ2) is 18.7. The van der Waals surface area contributed by atoms with Gasteiger partial charge >= 0.3 is 5.97 Å². The van der Waals surface area contributed by atoms with Crippen molar-refractivity contribution in [3.63, 3.8) is 0 Å². The molecule has 0 aromatic rings. The first-order valence-corrected chi connectivity index (χ1v) is 12.7. The fraction of sp³-hybridized carbons (Fsp3) is 0.750. The third kappa shape index (κ3) is 14.4. The Morgan fingerprint density at radius 1 is 0.886 bits per heavy atom. The maximum Gasteiger partial charge on any atom is 0.326 e. The molecule has 0 aromatic heterocycles. The Balaban J connectivity index is 5.23. The van der Waals surface area contributed by atoms with Crippen LogP contribution >= 0.6 is 11.8 Å². The van der Waals surface area contributed by atoms with Gasteiger partial charge in [0.2, 0.25) is 17.7 Å². The molecule has 0 aromatic carbocycles. The van der Waals surface area contributed by atoms with Gasteiger partial charge < -0.3 is 49.1 Å². The SMILES string of the molecule is CSCCC(N)C(=O)NC(CO)C(=O)NC(CCCCN)C(=O)NC(CCCN=C(N)N)C(=O)O. The van der Waals surface area contributed by atoms with E-state index in [0.29, 0.717) is 38.0 Å². The Bertz CT molecular complexity index is 707. The van der Waals surface area contributed by atoms with Crippen molar-refractivity contribution in [2.24, 2.45) is 27.9 Å². The number of hydrogen-bond donors (Lipinski definition) is 9. The number of aliphatic carboxylic acids is 1. The van der Waals surface area contributed by atoms with Crippen LogP contribution < -0.4 is 38.9 Å². The van der Waals surface area contributed by atoms with E-state index in [4.69, 9.17) is 22.9 Å². The Kier molecular flexibility index (Phi) is 17.3. The minimum absolute atomic E-state index is 0.0601. The second-order valence-electron chi connectivity index (χ2n) is 7.83. The number of carbonyl (C=O) groups is 4. The van der Waals surface area contributed by atoms with Crippen LogP contribution in [0.4, 0.5) is 0 Å². The number of thioether (sulfide) groups is 1. The van der Waals surface area contributed by atoms with E-state index < -0.39 is 54.5 Å². The van der Waals surface area contributed by atoms with E-state index in [0.717, 1.165) is 0 Å². The number of carboxylic acids is 1. The van der Waals surface area contributed by atoms with Gasteiger partial charge in [0.05, 0.1) is 12.6 Å². The maximum absolute atomic E-state index is 12.8. The average molecular weight is 521 g/mol. The Hall–Kier alpha value is -2.62. The number of nitrogens with two attached hydrogens (primary N) is 4. The summed E-state index contributed by atoms with van der Waals surface area (Å²) in [5.74, 6) is -2.86. The lowest BCUT2D eigenvalue weighted by atomic mass is 10.1. The van der Waals surface area contributed by atoms with Crippen LogP contribution in [-0.4, -0.2) is 95.7 Å². The first kappa shape index (κ1) is 32.4. The molecule has 0 radical (unpaired) electrons. The van der Waals surface area contributed by atoms with Gasteiger partial charge in [0.1, 0.15) is 18.1 Å². The molecule has 202 valence electrons. The number of amides is 3. The highest BCUT2D eigenvalue weighted by Crippen LogP contribution is 2.05. The lowest BCUT2D eigenvalue weighted by molar-refractivity contribution is -0.142. The number of carboxylic acid groups (broad SMARTS) is 1. The third-order valence-electron chi connectivity index (χ3n) is 4.93. The van der Waals surface area contributed by atoms with Crippen molar-refractivity contribution >= 4 is 41.4 Å². The van der Waals surface area contributed by atoms with Crippen LogP contribution in [0.5, 0.6) is 0 Å². The van der Waals surface area contributed by atoms with Crippen molar-refractivity contribution in [2.45, 2.75) is 62.7 Å². The van der Waals surface area contributed by atoms with Crippen LogP contribution in [0.2, 0.25) is 0 Å². The third-order valence-corrected chi connectivity index (χ3v) is 5.57. The summed E-state index contributed by atoms with van der Waals surface area (Å²) >= 11 is 1.51. The largest absolute Gasteiger partial charge is 0.480 e. The number of aliphatic imine (C=N–C) groups is 1. The van der Waals surface area contributed by atoms with E-state index >= 15 is 0 Å². The van der Waals surface area contributed by atoms with Gasteiger partial charge in [-0.3, -0.25) is 19.4 Å². The molecule has 0 aliphatic heterocycles. The fourth-order valence-corrected chi connectivity index (χ4v) is 3.41. The van der Waals surface area contributed by atoms with Gasteiger partial charge in [-0.05, 0) is 57.1 Å². The van der Waals surface area contributed by atoms with Gasteiger partial charge in [-0.25, -0.2) is 4.79 Å². The van der Waals surface area contributed by atoms with Gasteiger partial charge in [-0.15, -0.1) is 0 Å². The van der Waals surface area contributed by atoms with Crippen LogP contribution in [0, 0.1) is 0 Å². The van der Waals surface area contributed by atoms with Crippen LogP contribution in [0.1, 0.15) is 38.5 Å². The number of aliphatic hydroxyl groups excluding tert-OH is 1. The number of rotatable bonds is 19. The summed E-state index contributed by atoms with van der Waals surface area (Å²) in [5.41, 5.74) is 21.8. The number of carbonyl (C=O) groups excluding carboxylic acids is 3. The first-order valence-electron chi connectivity index (χ1n) is 11.3. The Labute approximate surface area is 209 Å². The standard InChI is InChI=1S/C20H40N8O6S/c1-35-10-7-12(22)16(30)28-15(11-29)18(32)26-13(5-2-3-8-21)17(31)27-14(19(33)34)6-4-9-25-20(23)24/h12-15,29H,2-11,21-22H2,1H3,(H,26,32)(H,27,31)(H,28,30)(H,33,34)(H4,23,24,25).